The van der Waals surface area contributed by atoms with Crippen LogP contribution in [0.4, 0.5) is 0 Å². The van der Waals surface area contributed by atoms with Crippen LogP contribution in [0.25, 0.3) is 0 Å². The fourth-order valence-corrected chi connectivity index (χ4v) is 3.00. The highest BCUT2D eigenvalue weighted by Gasteiger charge is 2.53. The van der Waals surface area contributed by atoms with E-state index in [0.717, 1.165) is 10.8 Å². The Hall–Kier alpha value is 1.18. The van der Waals surface area contributed by atoms with E-state index in [9.17, 15) is 0 Å². The molecular weight excluding hydrogens is 477 g/mol. The van der Waals surface area contributed by atoms with Crippen molar-refractivity contribution < 1.29 is 9.31 Å². The molecule has 0 saturated carbocycles. The Bertz CT molecular complexity index is 357. The second-order valence-corrected chi connectivity index (χ2v) is 9.95. The maximum Gasteiger partial charge on any atom is 0.465 e. The number of hydrogen-bond donors (Lipinski definition) is 0. The van der Waals surface area contributed by atoms with Crippen LogP contribution in [0, 0.1) is 5.41 Å². The number of halogens is 2. The number of alkyl halides is 1. The number of hydrogen-bond acceptors (Lipinski definition) is 2. The first kappa shape index (κ1) is 19.2. The van der Waals surface area contributed by atoms with E-state index >= 15 is 0 Å². The summed E-state index contributed by atoms with van der Waals surface area (Å²) in [6.45, 7) is 15.3. The van der Waals surface area contributed by atoms with Crippen molar-refractivity contribution in [1.82, 2.24) is 0 Å². The maximum atomic E-state index is 6.24. The Balaban J connectivity index is 2.96. The van der Waals surface area contributed by atoms with Crippen molar-refractivity contribution in [2.45, 2.75) is 71.9 Å². The lowest BCUT2D eigenvalue weighted by Crippen LogP contribution is -2.41. The zero-order valence-electron chi connectivity index (χ0n) is 13.7. The minimum Gasteiger partial charge on any atom is -0.403 e. The maximum absolute atomic E-state index is 6.24. The molecule has 1 atom stereocenters. The quantitative estimate of drug-likeness (QED) is 0.281. The summed E-state index contributed by atoms with van der Waals surface area (Å²) in [5.74, 6) is 0.303. The molecule has 0 aromatic rings. The number of allylic oxidation sites excluding steroid dienone is 2. The van der Waals surface area contributed by atoms with Crippen molar-refractivity contribution in [1.29, 1.82) is 0 Å². The average Bonchev–Trinajstić information content (AvgIpc) is 2.45. The van der Waals surface area contributed by atoms with Gasteiger partial charge in [0.05, 0.1) is 11.2 Å². The van der Waals surface area contributed by atoms with Crippen molar-refractivity contribution in [2.75, 3.05) is 4.43 Å². The van der Waals surface area contributed by atoms with E-state index in [1.54, 1.807) is 0 Å². The van der Waals surface area contributed by atoms with Gasteiger partial charge in [0.25, 0.3) is 0 Å². The van der Waals surface area contributed by atoms with Crippen LogP contribution in [-0.4, -0.2) is 22.7 Å². The summed E-state index contributed by atoms with van der Waals surface area (Å²) in [4.78, 5) is 0. The van der Waals surface area contributed by atoms with Gasteiger partial charge in [-0.15, -0.1) is 0 Å². The number of rotatable bonds is 4. The highest BCUT2D eigenvalue weighted by Crippen LogP contribution is 2.43. The molecule has 0 bridgehead atoms. The third-order valence-corrected chi connectivity index (χ3v) is 7.01. The molecule has 1 unspecified atom stereocenters. The average molecular weight is 504 g/mol. The fourth-order valence-electron chi connectivity index (χ4n) is 2.28. The Morgan fingerprint density at radius 3 is 1.95 bits per heavy atom. The van der Waals surface area contributed by atoms with Crippen LogP contribution >= 0.6 is 45.2 Å². The van der Waals surface area contributed by atoms with Gasteiger partial charge in [0, 0.05) is 10.2 Å². The monoisotopic (exact) mass is 504 g/mol. The van der Waals surface area contributed by atoms with Gasteiger partial charge in [-0.1, -0.05) is 49.4 Å². The molecule has 0 N–H and O–H groups in total. The van der Waals surface area contributed by atoms with Crippen LogP contribution < -0.4 is 0 Å². The first-order chi connectivity index (χ1) is 8.88. The van der Waals surface area contributed by atoms with E-state index in [1.807, 2.05) is 0 Å². The molecule has 0 aromatic carbocycles. The second kappa shape index (κ2) is 6.75. The van der Waals surface area contributed by atoms with Crippen LogP contribution in [0.15, 0.2) is 9.66 Å². The summed E-state index contributed by atoms with van der Waals surface area (Å²) in [5, 5.41) is 0. The molecule has 0 amide bonds. The smallest absolute Gasteiger partial charge is 0.403 e. The summed E-state index contributed by atoms with van der Waals surface area (Å²) >= 11 is 4.82. The lowest BCUT2D eigenvalue weighted by molar-refractivity contribution is 0.00578. The van der Waals surface area contributed by atoms with E-state index in [2.05, 4.69) is 99.7 Å². The Morgan fingerprint density at radius 1 is 1.15 bits per heavy atom. The topological polar surface area (TPSA) is 18.5 Å². The Kier molecular flexibility index (Phi) is 6.49. The van der Waals surface area contributed by atoms with Crippen LogP contribution in [0.2, 0.25) is 5.82 Å². The van der Waals surface area contributed by atoms with E-state index in [0.29, 0.717) is 5.82 Å². The summed E-state index contributed by atoms with van der Waals surface area (Å²) < 4.78 is 14.9. The lowest BCUT2D eigenvalue weighted by atomic mass is 9.65. The fraction of sp³-hybridized carbons (Fsp3) is 0.867. The zero-order chi connectivity index (χ0) is 15.8. The highest BCUT2D eigenvalue weighted by molar-refractivity contribution is 14.1. The Labute approximate surface area is 152 Å². The van der Waals surface area contributed by atoms with Gasteiger partial charge < -0.3 is 9.31 Å². The second-order valence-electron chi connectivity index (χ2n) is 7.80. The molecular formula is C15H27BI2O2. The van der Waals surface area contributed by atoms with Crippen molar-refractivity contribution in [3.8, 4) is 0 Å². The molecule has 2 nitrogen and oxygen atoms in total. The van der Waals surface area contributed by atoms with E-state index in [1.165, 1.54) is 3.58 Å². The largest absolute Gasteiger partial charge is 0.465 e. The van der Waals surface area contributed by atoms with Gasteiger partial charge in [0.15, 0.2) is 0 Å². The predicted molar refractivity (Wildman–Crippen MR) is 105 cm³/mol. The van der Waals surface area contributed by atoms with Crippen LogP contribution in [0.5, 0.6) is 0 Å². The van der Waals surface area contributed by atoms with Gasteiger partial charge >= 0.3 is 7.12 Å². The third kappa shape index (κ3) is 5.12. The van der Waals surface area contributed by atoms with E-state index in [-0.39, 0.29) is 23.7 Å². The molecule has 1 aliphatic heterocycles. The minimum absolute atomic E-state index is 0.146. The van der Waals surface area contributed by atoms with Crippen LogP contribution in [0.3, 0.4) is 0 Å². The summed E-state index contributed by atoms with van der Waals surface area (Å²) in [6.07, 6.45) is 3.40. The van der Waals surface area contributed by atoms with E-state index in [4.69, 9.17) is 9.31 Å². The molecule has 5 heteroatoms. The van der Waals surface area contributed by atoms with Crippen LogP contribution in [0.1, 0.15) is 54.9 Å². The molecule has 116 valence electrons. The normalized spacial score (nSPS) is 24.1. The molecule has 1 saturated heterocycles. The highest BCUT2D eigenvalue weighted by atomic mass is 127. The molecule has 0 spiro atoms. The molecule has 20 heavy (non-hydrogen) atoms. The van der Waals surface area contributed by atoms with Crippen LogP contribution in [-0.2, 0) is 9.31 Å². The van der Waals surface area contributed by atoms with E-state index < -0.39 is 0 Å². The molecule has 1 rings (SSSR count). The molecule has 1 aliphatic rings. The Morgan fingerprint density at radius 2 is 1.60 bits per heavy atom. The predicted octanol–water partition coefficient (Wildman–Crippen LogP) is 5.64. The molecule has 0 aliphatic carbocycles. The van der Waals surface area contributed by atoms with Gasteiger partial charge in [-0.3, -0.25) is 0 Å². The third-order valence-electron chi connectivity index (χ3n) is 3.99. The van der Waals surface area contributed by atoms with Crippen molar-refractivity contribution in [3.63, 3.8) is 0 Å². The molecule has 0 radical (unpaired) electrons. The first-order valence-electron chi connectivity index (χ1n) is 7.16. The summed E-state index contributed by atoms with van der Waals surface area (Å²) in [7, 11) is -0.146. The lowest BCUT2D eigenvalue weighted by Gasteiger charge is -2.32. The van der Waals surface area contributed by atoms with Gasteiger partial charge in [-0.05, 0) is 65.7 Å². The van der Waals surface area contributed by atoms with Crippen molar-refractivity contribution in [3.05, 3.63) is 9.66 Å². The SMILES string of the molecule is CC(C)(C)CC(/C=C(/I)CI)B1OC(C)(C)C(C)(C)O1. The van der Waals surface area contributed by atoms with Gasteiger partial charge in [-0.25, -0.2) is 0 Å². The van der Waals surface area contributed by atoms with Crippen molar-refractivity contribution in [2.24, 2.45) is 5.41 Å². The van der Waals surface area contributed by atoms with Crippen molar-refractivity contribution >= 4 is 52.3 Å². The summed E-state index contributed by atoms with van der Waals surface area (Å²) in [5.41, 5.74) is -0.248. The zero-order valence-corrected chi connectivity index (χ0v) is 18.0. The molecule has 1 heterocycles. The minimum atomic E-state index is -0.253. The molecule has 1 fully saturated rings. The van der Waals surface area contributed by atoms with Gasteiger partial charge in [0.2, 0.25) is 0 Å². The summed E-state index contributed by atoms with van der Waals surface area (Å²) in [6, 6.07) is 0. The van der Waals surface area contributed by atoms with Gasteiger partial charge in [-0.2, -0.15) is 0 Å². The first-order valence-corrected chi connectivity index (χ1v) is 9.76. The standard InChI is InChI=1S/C15H27BI2O2/c1-13(2,3)9-11(8-12(18)10-17)16-19-14(4,5)15(6,7)20-16/h8,11H,9-10H2,1-7H3/b12-8+. The van der Waals surface area contributed by atoms with Gasteiger partial charge in [0.1, 0.15) is 0 Å². The molecule has 0 aromatic heterocycles.